The maximum Gasteiger partial charge on any atom is 0.310 e. The van der Waals surface area contributed by atoms with Gasteiger partial charge in [-0.05, 0) is 42.5 Å². The van der Waals surface area contributed by atoms with Gasteiger partial charge in [0.05, 0.1) is 5.92 Å². The highest BCUT2D eigenvalue weighted by Gasteiger charge is 2.22. The number of aryl methyl sites for hydroxylation is 1. The van der Waals surface area contributed by atoms with Crippen molar-refractivity contribution in [1.29, 1.82) is 0 Å². The lowest BCUT2D eigenvalue weighted by Crippen LogP contribution is -2.14. The summed E-state index contributed by atoms with van der Waals surface area (Å²) >= 11 is 0. The van der Waals surface area contributed by atoms with E-state index in [4.69, 9.17) is 5.11 Å². The number of carbonyl (C=O) groups excluding carboxylic acids is 1. The minimum absolute atomic E-state index is 0.249. The summed E-state index contributed by atoms with van der Waals surface area (Å²) in [6.45, 7) is 3.81. The van der Waals surface area contributed by atoms with Crippen LogP contribution >= 0.6 is 0 Å². The monoisotopic (exact) mass is 258 g/mol. The number of allylic oxidation sites excluding steroid dienone is 1. The Bertz CT molecular complexity index is 555. The van der Waals surface area contributed by atoms with Gasteiger partial charge in [-0.3, -0.25) is 9.59 Å². The van der Waals surface area contributed by atoms with Gasteiger partial charge >= 0.3 is 5.97 Å². The second-order valence-electron chi connectivity index (χ2n) is 5.12. The normalized spacial score (nSPS) is 15.8. The average molecular weight is 258 g/mol. The Labute approximate surface area is 113 Å². The van der Waals surface area contributed by atoms with Crippen LogP contribution in [0.1, 0.15) is 29.2 Å². The number of hydrogen-bond donors (Lipinski definition) is 1. The first kappa shape index (κ1) is 13.5. The lowest BCUT2D eigenvalue weighted by Gasteiger charge is -2.11. The molecule has 1 aliphatic carbocycles. The van der Waals surface area contributed by atoms with E-state index in [0.717, 1.165) is 22.3 Å². The number of carbonyl (C=O) groups is 2. The summed E-state index contributed by atoms with van der Waals surface area (Å²) < 4.78 is 0. The van der Waals surface area contributed by atoms with Crippen LogP contribution in [0.5, 0.6) is 0 Å². The Kier molecular flexibility index (Phi) is 3.84. The number of hydrogen-bond acceptors (Lipinski definition) is 2. The number of ketones is 1. The standard InChI is InChI=1S/C16H18O3/c1-3-4-12(16(18)19)6-11-5-10(2)15-9-14(17)8-13(15)7-11/h3-5,7,12H,6,8-9H2,1-2H3,(H,18,19)/b4-3+. The van der Waals surface area contributed by atoms with Crippen molar-refractivity contribution in [2.45, 2.75) is 33.1 Å². The third-order valence-corrected chi connectivity index (χ3v) is 3.58. The van der Waals surface area contributed by atoms with Crippen LogP contribution in [0, 0.1) is 12.8 Å². The van der Waals surface area contributed by atoms with Gasteiger partial charge in [0.25, 0.3) is 0 Å². The number of carboxylic acids is 1. The number of carboxylic acid groups (broad SMARTS) is 1. The predicted octanol–water partition coefficient (Wildman–Crippen LogP) is 2.48. The van der Waals surface area contributed by atoms with Crippen molar-refractivity contribution < 1.29 is 14.7 Å². The molecule has 100 valence electrons. The second kappa shape index (κ2) is 5.39. The predicted molar refractivity (Wildman–Crippen MR) is 73.2 cm³/mol. The van der Waals surface area contributed by atoms with Gasteiger partial charge in [-0.25, -0.2) is 0 Å². The van der Waals surface area contributed by atoms with E-state index in [9.17, 15) is 9.59 Å². The molecule has 0 aromatic heterocycles. The van der Waals surface area contributed by atoms with Crippen molar-refractivity contribution in [3.05, 3.63) is 46.5 Å². The summed E-state index contributed by atoms with van der Waals surface area (Å²) in [5, 5.41) is 9.17. The molecule has 3 nitrogen and oxygen atoms in total. The van der Waals surface area contributed by atoms with Gasteiger partial charge in [0.1, 0.15) is 5.78 Å². The van der Waals surface area contributed by atoms with Crippen LogP contribution in [0.3, 0.4) is 0 Å². The largest absolute Gasteiger partial charge is 0.481 e. The number of fused-ring (bicyclic) bond motifs is 1. The number of rotatable bonds is 4. The van der Waals surface area contributed by atoms with Crippen LogP contribution < -0.4 is 0 Å². The summed E-state index contributed by atoms with van der Waals surface area (Å²) in [5.41, 5.74) is 4.30. The molecule has 1 atom stereocenters. The molecule has 19 heavy (non-hydrogen) atoms. The SMILES string of the molecule is C/C=C/C(Cc1cc(C)c2c(c1)CC(=O)C2)C(=O)O. The van der Waals surface area contributed by atoms with E-state index in [0.29, 0.717) is 19.3 Å². The van der Waals surface area contributed by atoms with Crippen LogP contribution in [0.25, 0.3) is 0 Å². The molecule has 0 bridgehead atoms. The Balaban J connectivity index is 2.27. The van der Waals surface area contributed by atoms with Gasteiger partial charge in [-0.15, -0.1) is 0 Å². The zero-order valence-electron chi connectivity index (χ0n) is 11.3. The molecule has 0 radical (unpaired) electrons. The van der Waals surface area contributed by atoms with Crippen LogP contribution in [-0.2, 0) is 28.9 Å². The third-order valence-electron chi connectivity index (χ3n) is 3.58. The molecule has 1 aromatic rings. The molecule has 0 saturated carbocycles. The Hall–Kier alpha value is -1.90. The van der Waals surface area contributed by atoms with Crippen LogP contribution in [0.15, 0.2) is 24.3 Å². The summed E-state index contributed by atoms with van der Waals surface area (Å²) in [7, 11) is 0. The van der Waals surface area contributed by atoms with E-state index in [1.54, 1.807) is 12.2 Å². The molecule has 3 heteroatoms. The van der Waals surface area contributed by atoms with Crippen molar-refractivity contribution >= 4 is 11.8 Å². The van der Waals surface area contributed by atoms with Crippen molar-refractivity contribution in [2.75, 3.05) is 0 Å². The lowest BCUT2D eigenvalue weighted by atomic mass is 9.94. The first-order chi connectivity index (χ1) is 9.01. The first-order valence-corrected chi connectivity index (χ1v) is 6.50. The maximum absolute atomic E-state index is 11.5. The fourth-order valence-electron chi connectivity index (χ4n) is 2.70. The molecule has 0 saturated heterocycles. The fraction of sp³-hybridized carbons (Fsp3) is 0.375. The van der Waals surface area contributed by atoms with Crippen molar-refractivity contribution in [3.8, 4) is 0 Å². The van der Waals surface area contributed by atoms with Crippen LogP contribution in [0.4, 0.5) is 0 Å². The van der Waals surface area contributed by atoms with Gasteiger partial charge in [-0.1, -0.05) is 24.3 Å². The minimum atomic E-state index is -0.813. The molecule has 0 fully saturated rings. The second-order valence-corrected chi connectivity index (χ2v) is 5.12. The molecular formula is C16H18O3. The minimum Gasteiger partial charge on any atom is -0.481 e. The zero-order chi connectivity index (χ0) is 14.0. The quantitative estimate of drug-likeness (QED) is 0.844. The van der Waals surface area contributed by atoms with Gasteiger partial charge in [0, 0.05) is 12.8 Å². The molecule has 0 aliphatic heterocycles. The summed E-state index contributed by atoms with van der Waals surface area (Å²) in [4.78, 5) is 22.7. The van der Waals surface area contributed by atoms with E-state index >= 15 is 0 Å². The Morgan fingerprint density at radius 3 is 2.79 bits per heavy atom. The van der Waals surface area contributed by atoms with E-state index in [2.05, 4.69) is 0 Å². The third kappa shape index (κ3) is 2.92. The highest BCUT2D eigenvalue weighted by atomic mass is 16.4. The van der Waals surface area contributed by atoms with E-state index in [1.165, 1.54) is 0 Å². The lowest BCUT2D eigenvalue weighted by molar-refractivity contribution is -0.140. The summed E-state index contributed by atoms with van der Waals surface area (Å²) in [5.74, 6) is -1.06. The molecule has 1 N–H and O–H groups in total. The molecule has 1 aromatic carbocycles. The van der Waals surface area contributed by atoms with Crippen molar-refractivity contribution in [2.24, 2.45) is 5.92 Å². The molecular weight excluding hydrogens is 240 g/mol. The highest BCUT2D eigenvalue weighted by molar-refractivity contribution is 5.88. The average Bonchev–Trinajstić information content (AvgIpc) is 2.69. The molecule has 1 unspecified atom stereocenters. The van der Waals surface area contributed by atoms with Gasteiger partial charge in [-0.2, -0.15) is 0 Å². The van der Waals surface area contributed by atoms with Crippen LogP contribution in [0.2, 0.25) is 0 Å². The summed E-state index contributed by atoms with van der Waals surface area (Å²) in [6.07, 6.45) is 4.96. The Morgan fingerprint density at radius 2 is 2.16 bits per heavy atom. The van der Waals surface area contributed by atoms with Crippen molar-refractivity contribution in [1.82, 2.24) is 0 Å². The number of benzene rings is 1. The summed E-state index contributed by atoms with van der Waals surface area (Å²) in [6, 6.07) is 4.00. The molecule has 0 spiro atoms. The van der Waals surface area contributed by atoms with Crippen molar-refractivity contribution in [3.63, 3.8) is 0 Å². The topological polar surface area (TPSA) is 54.4 Å². The first-order valence-electron chi connectivity index (χ1n) is 6.50. The van der Waals surface area contributed by atoms with Gasteiger partial charge in [0.2, 0.25) is 0 Å². The maximum atomic E-state index is 11.5. The smallest absolute Gasteiger partial charge is 0.310 e. The molecule has 1 aliphatic rings. The van der Waals surface area contributed by atoms with Gasteiger partial charge in [0.15, 0.2) is 0 Å². The zero-order valence-corrected chi connectivity index (χ0v) is 11.3. The molecule has 2 rings (SSSR count). The van der Waals surface area contributed by atoms with Gasteiger partial charge < -0.3 is 5.11 Å². The fourth-order valence-corrected chi connectivity index (χ4v) is 2.70. The molecule has 0 heterocycles. The van der Waals surface area contributed by atoms with E-state index in [1.807, 2.05) is 26.0 Å². The molecule has 0 amide bonds. The highest BCUT2D eigenvalue weighted by Crippen LogP contribution is 2.26. The van der Waals surface area contributed by atoms with E-state index < -0.39 is 11.9 Å². The van der Waals surface area contributed by atoms with Crippen LogP contribution in [-0.4, -0.2) is 16.9 Å². The number of Topliss-reactive ketones (excluding diaryl/α,β-unsaturated/α-hetero) is 1. The number of aliphatic carboxylic acids is 1. The van der Waals surface area contributed by atoms with E-state index in [-0.39, 0.29) is 5.78 Å². The Morgan fingerprint density at radius 1 is 1.42 bits per heavy atom.